The number of nitrogens with zero attached hydrogens (tertiary/aromatic N) is 2. The van der Waals surface area contributed by atoms with E-state index in [-0.39, 0.29) is 5.54 Å². The van der Waals surface area contributed by atoms with Crippen LogP contribution < -0.4 is 5.32 Å². The highest BCUT2D eigenvalue weighted by atomic mass is 16.2. The number of carbonyl (C=O) groups is 1. The number of hydrogen-bond acceptors (Lipinski definition) is 3. The Bertz CT molecular complexity index is 299. The summed E-state index contributed by atoms with van der Waals surface area (Å²) in [5.41, 5.74) is -0.313. The van der Waals surface area contributed by atoms with Gasteiger partial charge in [-0.3, -0.25) is 9.69 Å². The van der Waals surface area contributed by atoms with Gasteiger partial charge in [-0.05, 0) is 46.2 Å². The molecule has 0 spiro atoms. The third-order valence-electron chi connectivity index (χ3n) is 4.55. The Morgan fingerprint density at radius 2 is 2.17 bits per heavy atom. The van der Waals surface area contributed by atoms with Crippen molar-refractivity contribution in [3.63, 3.8) is 0 Å². The number of likely N-dealkylation sites (N-methyl/N-ethyl adjacent to an activating group) is 1. The molecule has 0 aromatic heterocycles. The van der Waals surface area contributed by atoms with Gasteiger partial charge >= 0.3 is 0 Å². The monoisotopic (exact) mass is 253 g/mol. The lowest BCUT2D eigenvalue weighted by molar-refractivity contribution is -0.141. The zero-order valence-corrected chi connectivity index (χ0v) is 12.0. The van der Waals surface area contributed by atoms with E-state index in [0.717, 1.165) is 39.1 Å². The van der Waals surface area contributed by atoms with Gasteiger partial charge in [0.1, 0.15) is 0 Å². The van der Waals surface area contributed by atoms with Crippen LogP contribution in [0.15, 0.2) is 0 Å². The molecule has 0 radical (unpaired) electrons. The highest BCUT2D eigenvalue weighted by molar-refractivity contribution is 5.86. The predicted molar refractivity (Wildman–Crippen MR) is 73.5 cm³/mol. The molecule has 2 saturated heterocycles. The number of carbonyl (C=O) groups excluding carboxylic acids is 1. The lowest BCUT2D eigenvalue weighted by Gasteiger charge is -2.44. The molecular formula is C14H27N3O. The molecule has 2 aliphatic heterocycles. The molecule has 0 bridgehead atoms. The van der Waals surface area contributed by atoms with Crippen LogP contribution >= 0.6 is 0 Å². The third-order valence-corrected chi connectivity index (χ3v) is 4.55. The molecular weight excluding hydrogens is 226 g/mol. The first-order valence-electron chi connectivity index (χ1n) is 7.35. The maximum Gasteiger partial charge on any atom is 0.242 e. The van der Waals surface area contributed by atoms with E-state index in [9.17, 15) is 4.79 Å². The normalized spacial score (nSPS) is 34.6. The smallest absolute Gasteiger partial charge is 0.242 e. The van der Waals surface area contributed by atoms with Crippen LogP contribution in [0.1, 0.15) is 40.0 Å². The summed E-state index contributed by atoms with van der Waals surface area (Å²) in [6, 6.07) is 0.486. The van der Waals surface area contributed by atoms with Crippen molar-refractivity contribution in [2.45, 2.75) is 51.6 Å². The number of piperidine rings is 1. The van der Waals surface area contributed by atoms with Gasteiger partial charge in [0.25, 0.3) is 0 Å². The van der Waals surface area contributed by atoms with Gasteiger partial charge in [0.05, 0.1) is 5.54 Å². The zero-order valence-electron chi connectivity index (χ0n) is 12.0. The van der Waals surface area contributed by atoms with E-state index in [0.29, 0.717) is 11.9 Å². The van der Waals surface area contributed by atoms with Crippen molar-refractivity contribution < 1.29 is 4.79 Å². The largest absolute Gasteiger partial charge is 0.338 e. The summed E-state index contributed by atoms with van der Waals surface area (Å²) in [5, 5.41) is 3.43. The number of rotatable bonds is 2. The van der Waals surface area contributed by atoms with Crippen molar-refractivity contribution >= 4 is 5.91 Å². The summed E-state index contributed by atoms with van der Waals surface area (Å²) in [4.78, 5) is 17.2. The fraction of sp³-hybridized carbons (Fsp3) is 0.929. The zero-order chi connectivity index (χ0) is 13.2. The predicted octanol–water partition coefficient (Wildman–Crippen LogP) is 1.07. The average molecular weight is 253 g/mol. The first-order valence-corrected chi connectivity index (χ1v) is 7.35. The van der Waals surface area contributed by atoms with E-state index in [1.807, 2.05) is 0 Å². The van der Waals surface area contributed by atoms with E-state index in [4.69, 9.17) is 0 Å². The second-order valence-corrected chi connectivity index (χ2v) is 5.94. The average Bonchev–Trinajstić information content (AvgIpc) is 2.38. The third kappa shape index (κ3) is 2.69. The molecule has 2 atom stereocenters. The van der Waals surface area contributed by atoms with Crippen molar-refractivity contribution in [2.24, 2.45) is 0 Å². The molecule has 1 N–H and O–H groups in total. The van der Waals surface area contributed by atoms with Gasteiger partial charge < -0.3 is 10.2 Å². The Morgan fingerprint density at radius 3 is 2.72 bits per heavy atom. The van der Waals surface area contributed by atoms with Crippen LogP contribution in [-0.2, 0) is 4.79 Å². The van der Waals surface area contributed by atoms with Crippen LogP contribution in [0.3, 0.4) is 0 Å². The molecule has 4 heteroatoms. The molecule has 2 heterocycles. The van der Waals surface area contributed by atoms with Gasteiger partial charge in [-0.2, -0.15) is 0 Å². The molecule has 104 valence electrons. The number of nitrogens with one attached hydrogen (secondary N) is 1. The van der Waals surface area contributed by atoms with Gasteiger partial charge in [-0.15, -0.1) is 0 Å². The van der Waals surface area contributed by atoms with Crippen molar-refractivity contribution in [3.05, 3.63) is 0 Å². The molecule has 2 unspecified atom stereocenters. The van der Waals surface area contributed by atoms with E-state index in [2.05, 4.69) is 35.9 Å². The molecule has 0 aromatic carbocycles. The van der Waals surface area contributed by atoms with Crippen LogP contribution in [0.2, 0.25) is 0 Å². The minimum atomic E-state index is -0.313. The van der Waals surface area contributed by atoms with Gasteiger partial charge in [0.15, 0.2) is 0 Å². The van der Waals surface area contributed by atoms with E-state index in [1.165, 1.54) is 12.8 Å². The molecule has 0 aliphatic carbocycles. The van der Waals surface area contributed by atoms with E-state index < -0.39 is 0 Å². The second kappa shape index (κ2) is 5.57. The van der Waals surface area contributed by atoms with Crippen LogP contribution in [0.25, 0.3) is 0 Å². The minimum absolute atomic E-state index is 0.310. The molecule has 0 aromatic rings. The van der Waals surface area contributed by atoms with Crippen LogP contribution in [0.5, 0.6) is 0 Å². The Balaban J connectivity index is 1.97. The van der Waals surface area contributed by atoms with Gasteiger partial charge in [0, 0.05) is 25.7 Å². The Hall–Kier alpha value is -0.610. The molecule has 1 amide bonds. The molecule has 4 nitrogen and oxygen atoms in total. The number of amides is 1. The Morgan fingerprint density at radius 1 is 1.39 bits per heavy atom. The Kier molecular flexibility index (Phi) is 4.28. The molecule has 0 saturated carbocycles. The Labute approximate surface area is 111 Å². The quantitative estimate of drug-likeness (QED) is 0.799. The molecule has 18 heavy (non-hydrogen) atoms. The number of hydrogen-bond donors (Lipinski definition) is 1. The van der Waals surface area contributed by atoms with E-state index >= 15 is 0 Å². The van der Waals surface area contributed by atoms with Crippen LogP contribution in [0, 0.1) is 0 Å². The summed E-state index contributed by atoms with van der Waals surface area (Å²) in [7, 11) is 0. The molecule has 2 rings (SSSR count). The van der Waals surface area contributed by atoms with Crippen molar-refractivity contribution in [1.82, 2.24) is 15.1 Å². The maximum atomic E-state index is 12.7. The van der Waals surface area contributed by atoms with Crippen molar-refractivity contribution in [1.29, 1.82) is 0 Å². The van der Waals surface area contributed by atoms with Crippen LogP contribution in [0.4, 0.5) is 0 Å². The second-order valence-electron chi connectivity index (χ2n) is 5.94. The highest BCUT2D eigenvalue weighted by Gasteiger charge is 2.39. The first-order chi connectivity index (χ1) is 8.57. The van der Waals surface area contributed by atoms with E-state index in [1.54, 1.807) is 0 Å². The van der Waals surface area contributed by atoms with Gasteiger partial charge in [0.2, 0.25) is 5.91 Å². The highest BCUT2D eigenvalue weighted by Crippen LogP contribution is 2.22. The van der Waals surface area contributed by atoms with Crippen LogP contribution in [-0.4, -0.2) is 60.0 Å². The fourth-order valence-corrected chi connectivity index (χ4v) is 3.24. The topological polar surface area (TPSA) is 35.6 Å². The first kappa shape index (κ1) is 13.8. The summed E-state index contributed by atoms with van der Waals surface area (Å²) in [6.07, 6.45) is 3.34. The minimum Gasteiger partial charge on any atom is -0.338 e. The van der Waals surface area contributed by atoms with Gasteiger partial charge in [-0.25, -0.2) is 0 Å². The summed E-state index contributed by atoms with van der Waals surface area (Å²) in [6.45, 7) is 11.3. The summed E-state index contributed by atoms with van der Waals surface area (Å²) in [5.74, 6) is 0.310. The SMILES string of the molecule is CCN1CCN(C(=O)C2(C)CCCCN2)CC1C. The van der Waals surface area contributed by atoms with Crippen molar-refractivity contribution in [3.8, 4) is 0 Å². The number of piperazine rings is 1. The summed E-state index contributed by atoms with van der Waals surface area (Å²) < 4.78 is 0. The maximum absolute atomic E-state index is 12.7. The fourth-order valence-electron chi connectivity index (χ4n) is 3.24. The standard InChI is InChI=1S/C14H27N3O/c1-4-16-9-10-17(11-12(16)2)13(18)14(3)7-5-6-8-15-14/h12,15H,4-11H2,1-3H3. The van der Waals surface area contributed by atoms with Crippen molar-refractivity contribution in [2.75, 3.05) is 32.7 Å². The lowest BCUT2D eigenvalue weighted by atomic mass is 9.89. The van der Waals surface area contributed by atoms with Gasteiger partial charge in [-0.1, -0.05) is 6.92 Å². The lowest BCUT2D eigenvalue weighted by Crippen LogP contribution is -2.62. The molecule has 2 aliphatic rings. The molecule has 2 fully saturated rings. The summed E-state index contributed by atoms with van der Waals surface area (Å²) >= 11 is 0.